The standard InChI is InChI=1S/C13H14N4O2/c1-19-13(18)12-16-9-6-11(17-12)15-8-5-10-4-2-3-7-14-10/h2-4,6-7,9H,5,8H2,1H3,(H,15,16,17). The molecule has 98 valence electrons. The molecule has 0 aromatic carbocycles. The molecule has 2 aromatic heterocycles. The molecule has 0 aliphatic carbocycles. The minimum Gasteiger partial charge on any atom is -0.463 e. The summed E-state index contributed by atoms with van der Waals surface area (Å²) in [6.45, 7) is 0.675. The van der Waals surface area contributed by atoms with E-state index in [9.17, 15) is 4.79 Å². The van der Waals surface area contributed by atoms with Gasteiger partial charge in [0.1, 0.15) is 5.82 Å². The molecule has 0 atom stereocenters. The normalized spacial score (nSPS) is 9.95. The first kappa shape index (κ1) is 12.9. The van der Waals surface area contributed by atoms with Crippen LogP contribution in [0.2, 0.25) is 0 Å². The topological polar surface area (TPSA) is 77.0 Å². The summed E-state index contributed by atoms with van der Waals surface area (Å²) in [6.07, 6.45) is 4.05. The predicted octanol–water partition coefficient (Wildman–Crippen LogP) is 1.31. The zero-order valence-electron chi connectivity index (χ0n) is 10.5. The molecule has 0 bridgehead atoms. The van der Waals surface area contributed by atoms with Crippen molar-refractivity contribution in [2.45, 2.75) is 6.42 Å². The van der Waals surface area contributed by atoms with Gasteiger partial charge in [0.15, 0.2) is 0 Å². The third kappa shape index (κ3) is 3.74. The van der Waals surface area contributed by atoms with Crippen molar-refractivity contribution in [3.05, 3.63) is 48.2 Å². The lowest BCUT2D eigenvalue weighted by Crippen LogP contribution is -2.11. The molecule has 0 aliphatic heterocycles. The molecule has 0 aliphatic rings. The van der Waals surface area contributed by atoms with E-state index < -0.39 is 5.97 Å². The Kier molecular flexibility index (Phi) is 4.39. The van der Waals surface area contributed by atoms with Gasteiger partial charge < -0.3 is 10.1 Å². The van der Waals surface area contributed by atoms with E-state index in [2.05, 4.69) is 25.0 Å². The van der Waals surface area contributed by atoms with E-state index in [4.69, 9.17) is 0 Å². The number of pyridine rings is 1. The van der Waals surface area contributed by atoms with Crippen LogP contribution in [-0.2, 0) is 11.2 Å². The largest absolute Gasteiger partial charge is 0.463 e. The fourth-order valence-corrected chi connectivity index (χ4v) is 1.51. The number of nitrogens with one attached hydrogen (secondary N) is 1. The molecular weight excluding hydrogens is 244 g/mol. The molecule has 0 saturated heterocycles. The summed E-state index contributed by atoms with van der Waals surface area (Å²) in [5, 5.41) is 3.11. The van der Waals surface area contributed by atoms with Crippen LogP contribution in [0, 0.1) is 0 Å². The van der Waals surface area contributed by atoms with Crippen LogP contribution in [-0.4, -0.2) is 34.6 Å². The van der Waals surface area contributed by atoms with Crippen LogP contribution >= 0.6 is 0 Å². The highest BCUT2D eigenvalue weighted by Crippen LogP contribution is 2.03. The van der Waals surface area contributed by atoms with Crippen LogP contribution in [0.5, 0.6) is 0 Å². The first-order valence-corrected chi connectivity index (χ1v) is 5.85. The Labute approximate surface area is 110 Å². The van der Waals surface area contributed by atoms with Crippen LogP contribution < -0.4 is 5.32 Å². The zero-order chi connectivity index (χ0) is 13.5. The van der Waals surface area contributed by atoms with Crippen LogP contribution in [0.3, 0.4) is 0 Å². The van der Waals surface area contributed by atoms with Gasteiger partial charge in [0.05, 0.1) is 7.11 Å². The van der Waals surface area contributed by atoms with Gasteiger partial charge >= 0.3 is 5.97 Å². The average molecular weight is 258 g/mol. The van der Waals surface area contributed by atoms with Crippen molar-refractivity contribution in [3.63, 3.8) is 0 Å². The molecule has 2 aromatic rings. The van der Waals surface area contributed by atoms with Gasteiger partial charge in [-0.25, -0.2) is 14.8 Å². The van der Waals surface area contributed by atoms with Gasteiger partial charge in [0.25, 0.3) is 0 Å². The number of carbonyl (C=O) groups excluding carboxylic acids is 1. The summed E-state index contributed by atoms with van der Waals surface area (Å²) >= 11 is 0. The summed E-state index contributed by atoms with van der Waals surface area (Å²) < 4.78 is 4.56. The van der Waals surface area contributed by atoms with E-state index >= 15 is 0 Å². The second-order valence-electron chi connectivity index (χ2n) is 3.75. The van der Waals surface area contributed by atoms with Gasteiger partial charge in [-0.2, -0.15) is 0 Å². The molecule has 2 heterocycles. The fourth-order valence-electron chi connectivity index (χ4n) is 1.51. The molecule has 2 rings (SSSR count). The second-order valence-corrected chi connectivity index (χ2v) is 3.75. The quantitative estimate of drug-likeness (QED) is 0.815. The average Bonchev–Trinajstić information content (AvgIpc) is 2.48. The lowest BCUT2D eigenvalue weighted by molar-refractivity contribution is 0.0587. The summed E-state index contributed by atoms with van der Waals surface area (Å²) in [7, 11) is 1.30. The van der Waals surface area contributed by atoms with Gasteiger partial charge in [-0.15, -0.1) is 0 Å². The van der Waals surface area contributed by atoms with Crippen molar-refractivity contribution in [1.82, 2.24) is 15.0 Å². The third-order valence-electron chi connectivity index (χ3n) is 2.44. The monoisotopic (exact) mass is 258 g/mol. The summed E-state index contributed by atoms with van der Waals surface area (Å²) in [5.41, 5.74) is 0.997. The lowest BCUT2D eigenvalue weighted by Gasteiger charge is -2.05. The van der Waals surface area contributed by atoms with E-state index in [0.717, 1.165) is 12.1 Å². The van der Waals surface area contributed by atoms with Gasteiger partial charge in [-0.05, 0) is 18.2 Å². The molecular formula is C13H14N4O2. The molecule has 6 heteroatoms. The Balaban J connectivity index is 1.91. The molecule has 0 radical (unpaired) electrons. The predicted molar refractivity (Wildman–Crippen MR) is 69.8 cm³/mol. The number of methoxy groups -OCH3 is 1. The number of ether oxygens (including phenoxy) is 1. The number of carbonyl (C=O) groups is 1. The number of anilines is 1. The van der Waals surface area contributed by atoms with Crippen molar-refractivity contribution < 1.29 is 9.53 Å². The number of hydrogen-bond acceptors (Lipinski definition) is 6. The van der Waals surface area contributed by atoms with E-state index in [0.29, 0.717) is 12.4 Å². The summed E-state index contributed by atoms with van der Waals surface area (Å²) in [6, 6.07) is 7.48. The summed E-state index contributed by atoms with van der Waals surface area (Å²) in [4.78, 5) is 23.4. The molecule has 0 spiro atoms. The van der Waals surface area contributed by atoms with Gasteiger partial charge in [0, 0.05) is 31.1 Å². The van der Waals surface area contributed by atoms with Crippen LogP contribution in [0.4, 0.5) is 5.82 Å². The van der Waals surface area contributed by atoms with Gasteiger partial charge in [-0.1, -0.05) is 6.07 Å². The maximum Gasteiger partial charge on any atom is 0.376 e. The smallest absolute Gasteiger partial charge is 0.376 e. The van der Waals surface area contributed by atoms with Crippen LogP contribution in [0.1, 0.15) is 16.3 Å². The molecule has 0 fully saturated rings. The summed E-state index contributed by atoms with van der Waals surface area (Å²) in [5.74, 6) is 0.0880. The maximum atomic E-state index is 11.3. The molecule has 19 heavy (non-hydrogen) atoms. The molecule has 1 N–H and O–H groups in total. The molecule has 0 unspecified atom stereocenters. The van der Waals surface area contributed by atoms with Crippen molar-refractivity contribution in [1.29, 1.82) is 0 Å². The van der Waals surface area contributed by atoms with Crippen molar-refractivity contribution >= 4 is 11.8 Å². The van der Waals surface area contributed by atoms with Crippen molar-refractivity contribution in [2.24, 2.45) is 0 Å². The van der Waals surface area contributed by atoms with E-state index in [-0.39, 0.29) is 5.82 Å². The van der Waals surface area contributed by atoms with Crippen LogP contribution in [0.15, 0.2) is 36.7 Å². The molecule has 0 saturated carbocycles. The van der Waals surface area contributed by atoms with E-state index in [1.807, 2.05) is 18.2 Å². The van der Waals surface area contributed by atoms with Crippen molar-refractivity contribution in [2.75, 3.05) is 19.0 Å². The number of esters is 1. The number of nitrogens with zero attached hydrogens (tertiary/aromatic N) is 3. The number of aromatic nitrogens is 3. The number of hydrogen-bond donors (Lipinski definition) is 1. The Hall–Kier alpha value is -2.50. The first-order chi connectivity index (χ1) is 9.29. The van der Waals surface area contributed by atoms with Crippen molar-refractivity contribution in [3.8, 4) is 0 Å². The first-order valence-electron chi connectivity index (χ1n) is 5.85. The fraction of sp³-hybridized carbons (Fsp3) is 0.231. The highest BCUT2D eigenvalue weighted by atomic mass is 16.5. The highest BCUT2D eigenvalue weighted by Gasteiger charge is 2.09. The Morgan fingerprint density at radius 3 is 2.89 bits per heavy atom. The minimum atomic E-state index is -0.548. The Morgan fingerprint density at radius 1 is 1.26 bits per heavy atom. The number of rotatable bonds is 5. The maximum absolute atomic E-state index is 11.3. The van der Waals surface area contributed by atoms with Gasteiger partial charge in [0.2, 0.25) is 5.82 Å². The zero-order valence-corrected chi connectivity index (χ0v) is 10.5. The van der Waals surface area contributed by atoms with Gasteiger partial charge in [-0.3, -0.25) is 4.98 Å². The highest BCUT2D eigenvalue weighted by molar-refractivity contribution is 5.85. The van der Waals surface area contributed by atoms with E-state index in [1.165, 1.54) is 13.3 Å². The van der Waals surface area contributed by atoms with E-state index in [1.54, 1.807) is 12.3 Å². The molecule has 6 nitrogen and oxygen atoms in total. The SMILES string of the molecule is COC(=O)c1nccc(NCCc2ccccn2)n1. The lowest BCUT2D eigenvalue weighted by atomic mass is 10.3. The second kappa shape index (κ2) is 6.44. The molecule has 0 amide bonds. The third-order valence-corrected chi connectivity index (χ3v) is 2.44. The Morgan fingerprint density at radius 2 is 2.16 bits per heavy atom. The van der Waals surface area contributed by atoms with Crippen LogP contribution in [0.25, 0.3) is 0 Å². The Bertz CT molecular complexity index is 545. The minimum absolute atomic E-state index is 0.0466.